The highest BCUT2D eigenvalue weighted by Gasteiger charge is 2.41. The van der Waals surface area contributed by atoms with Crippen LogP contribution in [0.1, 0.15) is 64.4 Å². The lowest BCUT2D eigenvalue weighted by Crippen LogP contribution is -2.40. The summed E-state index contributed by atoms with van der Waals surface area (Å²) in [4.78, 5) is 0. The van der Waals surface area contributed by atoms with Gasteiger partial charge in [0.1, 0.15) is 0 Å². The van der Waals surface area contributed by atoms with Crippen molar-refractivity contribution in [1.82, 2.24) is 0 Å². The van der Waals surface area contributed by atoms with Gasteiger partial charge in [-0.2, -0.15) is 0 Å². The molecule has 1 fully saturated rings. The van der Waals surface area contributed by atoms with Gasteiger partial charge in [0.15, 0.2) is 0 Å². The standard InChI is InChI=1S/C18H26Cl2O/c1-3-5-13(4-2)18(10-8-15(21)9-11-18)14-6-7-16(19)17(20)12-14/h6-7,12-13,15,21H,3-5,8-11H2,1-2H3/t13-,15?,18?/m0/s1. The highest BCUT2D eigenvalue weighted by atomic mass is 35.5. The molecule has 0 unspecified atom stereocenters. The number of aliphatic hydroxyl groups excluding tert-OH is 1. The maximum atomic E-state index is 9.92. The van der Waals surface area contributed by atoms with Crippen LogP contribution in [0.5, 0.6) is 0 Å². The van der Waals surface area contributed by atoms with Gasteiger partial charge in [-0.25, -0.2) is 0 Å². The van der Waals surface area contributed by atoms with E-state index >= 15 is 0 Å². The molecule has 21 heavy (non-hydrogen) atoms. The molecule has 1 nitrogen and oxygen atoms in total. The second-order valence-corrected chi connectivity index (χ2v) is 7.22. The Bertz CT molecular complexity index is 464. The average Bonchev–Trinajstić information content (AvgIpc) is 2.49. The molecule has 1 aliphatic carbocycles. The third kappa shape index (κ3) is 3.57. The number of hydrogen-bond donors (Lipinski definition) is 1. The van der Waals surface area contributed by atoms with Gasteiger partial charge in [-0.3, -0.25) is 0 Å². The van der Waals surface area contributed by atoms with E-state index in [-0.39, 0.29) is 11.5 Å². The van der Waals surface area contributed by atoms with Crippen molar-refractivity contribution in [2.45, 2.75) is 70.3 Å². The van der Waals surface area contributed by atoms with Gasteiger partial charge >= 0.3 is 0 Å². The summed E-state index contributed by atoms with van der Waals surface area (Å²) < 4.78 is 0. The molecule has 1 aromatic carbocycles. The molecule has 1 N–H and O–H groups in total. The molecule has 0 heterocycles. The average molecular weight is 329 g/mol. The van der Waals surface area contributed by atoms with Crippen LogP contribution in [0.25, 0.3) is 0 Å². The molecule has 1 aromatic rings. The number of rotatable bonds is 5. The quantitative estimate of drug-likeness (QED) is 0.703. The Morgan fingerprint density at radius 3 is 2.38 bits per heavy atom. The highest BCUT2D eigenvalue weighted by Crippen LogP contribution is 2.49. The summed E-state index contributed by atoms with van der Waals surface area (Å²) in [6, 6.07) is 6.12. The molecule has 3 heteroatoms. The predicted octanol–water partition coefficient (Wildman–Crippen LogP) is 5.99. The summed E-state index contributed by atoms with van der Waals surface area (Å²) in [5, 5.41) is 11.2. The van der Waals surface area contributed by atoms with Crippen LogP contribution in [-0.2, 0) is 5.41 Å². The maximum absolute atomic E-state index is 9.92. The van der Waals surface area contributed by atoms with E-state index in [1.807, 2.05) is 6.07 Å². The smallest absolute Gasteiger partial charge is 0.0595 e. The van der Waals surface area contributed by atoms with Gasteiger partial charge in [0.2, 0.25) is 0 Å². The SMILES string of the molecule is CCC[C@H](CC)C1(c2ccc(Cl)c(Cl)c2)CCC(O)CC1. The zero-order valence-corrected chi connectivity index (χ0v) is 14.6. The minimum absolute atomic E-state index is 0.139. The first-order valence-electron chi connectivity index (χ1n) is 8.17. The Hall–Kier alpha value is -0.240. The van der Waals surface area contributed by atoms with E-state index in [0.29, 0.717) is 16.0 Å². The zero-order chi connectivity index (χ0) is 15.5. The fourth-order valence-corrected chi connectivity index (χ4v) is 4.37. The summed E-state index contributed by atoms with van der Waals surface area (Å²) >= 11 is 12.4. The van der Waals surface area contributed by atoms with Crippen LogP contribution in [0, 0.1) is 5.92 Å². The molecule has 1 aliphatic rings. The second kappa shape index (κ2) is 7.35. The molecule has 0 saturated heterocycles. The lowest BCUT2D eigenvalue weighted by Gasteiger charge is -2.45. The maximum Gasteiger partial charge on any atom is 0.0595 e. The molecule has 1 saturated carbocycles. The van der Waals surface area contributed by atoms with E-state index in [0.717, 1.165) is 25.7 Å². The first-order valence-corrected chi connectivity index (χ1v) is 8.92. The summed E-state index contributed by atoms with van der Waals surface area (Å²) in [6.07, 6.45) is 7.33. The highest BCUT2D eigenvalue weighted by molar-refractivity contribution is 6.42. The Balaban J connectivity index is 2.41. The Morgan fingerprint density at radius 2 is 1.86 bits per heavy atom. The van der Waals surface area contributed by atoms with Gasteiger partial charge in [0.05, 0.1) is 16.1 Å². The van der Waals surface area contributed by atoms with E-state index in [4.69, 9.17) is 23.2 Å². The first kappa shape index (κ1) is 17.1. The van der Waals surface area contributed by atoms with Crippen LogP contribution in [0.3, 0.4) is 0 Å². The minimum Gasteiger partial charge on any atom is -0.393 e. The van der Waals surface area contributed by atoms with Crippen molar-refractivity contribution < 1.29 is 5.11 Å². The second-order valence-electron chi connectivity index (χ2n) is 6.41. The number of benzene rings is 1. The van der Waals surface area contributed by atoms with E-state index in [1.165, 1.54) is 24.8 Å². The number of halogens is 2. The molecular weight excluding hydrogens is 303 g/mol. The van der Waals surface area contributed by atoms with Crippen molar-refractivity contribution in [2.75, 3.05) is 0 Å². The largest absolute Gasteiger partial charge is 0.393 e. The molecule has 0 spiro atoms. The van der Waals surface area contributed by atoms with Crippen LogP contribution >= 0.6 is 23.2 Å². The minimum atomic E-state index is -0.139. The van der Waals surface area contributed by atoms with Crippen LogP contribution in [0.2, 0.25) is 10.0 Å². The van der Waals surface area contributed by atoms with Crippen molar-refractivity contribution in [2.24, 2.45) is 5.92 Å². The topological polar surface area (TPSA) is 20.2 Å². The molecule has 2 rings (SSSR count). The van der Waals surface area contributed by atoms with Gasteiger partial charge in [0.25, 0.3) is 0 Å². The number of aliphatic hydroxyl groups is 1. The first-order chi connectivity index (χ1) is 10.0. The van der Waals surface area contributed by atoms with Crippen LogP contribution in [0.4, 0.5) is 0 Å². The molecular formula is C18H26Cl2O. The molecule has 0 aliphatic heterocycles. The molecule has 0 amide bonds. The Labute approximate surface area is 138 Å². The third-order valence-corrected chi connectivity index (χ3v) is 5.99. The van der Waals surface area contributed by atoms with Gasteiger partial charge in [-0.05, 0) is 61.1 Å². The fourth-order valence-electron chi connectivity index (χ4n) is 4.08. The van der Waals surface area contributed by atoms with Gasteiger partial charge < -0.3 is 5.11 Å². The normalized spacial score (nSPS) is 27.6. The summed E-state index contributed by atoms with van der Waals surface area (Å²) in [5.41, 5.74) is 1.46. The van der Waals surface area contributed by atoms with E-state index in [2.05, 4.69) is 26.0 Å². The Morgan fingerprint density at radius 1 is 1.19 bits per heavy atom. The van der Waals surface area contributed by atoms with E-state index in [9.17, 15) is 5.11 Å². The van der Waals surface area contributed by atoms with Crippen LogP contribution in [0.15, 0.2) is 18.2 Å². The molecule has 118 valence electrons. The molecule has 1 atom stereocenters. The predicted molar refractivity (Wildman–Crippen MR) is 91.3 cm³/mol. The molecule has 0 bridgehead atoms. The van der Waals surface area contributed by atoms with Crippen molar-refractivity contribution in [3.8, 4) is 0 Å². The third-order valence-electron chi connectivity index (χ3n) is 5.25. The van der Waals surface area contributed by atoms with E-state index in [1.54, 1.807) is 0 Å². The van der Waals surface area contributed by atoms with Crippen molar-refractivity contribution in [1.29, 1.82) is 0 Å². The lowest BCUT2D eigenvalue weighted by molar-refractivity contribution is 0.0668. The van der Waals surface area contributed by atoms with Crippen LogP contribution < -0.4 is 0 Å². The van der Waals surface area contributed by atoms with Crippen LogP contribution in [-0.4, -0.2) is 11.2 Å². The van der Waals surface area contributed by atoms with Crippen molar-refractivity contribution in [3.63, 3.8) is 0 Å². The zero-order valence-electron chi connectivity index (χ0n) is 13.0. The number of hydrogen-bond acceptors (Lipinski definition) is 1. The Kier molecular flexibility index (Phi) is 5.99. The van der Waals surface area contributed by atoms with Crippen molar-refractivity contribution >= 4 is 23.2 Å². The monoisotopic (exact) mass is 328 g/mol. The van der Waals surface area contributed by atoms with Gasteiger partial charge in [0, 0.05) is 0 Å². The molecule has 0 aromatic heterocycles. The summed E-state index contributed by atoms with van der Waals surface area (Å²) in [6.45, 7) is 4.54. The van der Waals surface area contributed by atoms with E-state index < -0.39 is 0 Å². The summed E-state index contributed by atoms with van der Waals surface area (Å²) in [7, 11) is 0. The lowest BCUT2D eigenvalue weighted by atomic mass is 9.60. The fraction of sp³-hybridized carbons (Fsp3) is 0.667. The summed E-state index contributed by atoms with van der Waals surface area (Å²) in [5.74, 6) is 0.646. The van der Waals surface area contributed by atoms with Crippen molar-refractivity contribution in [3.05, 3.63) is 33.8 Å². The molecule has 0 radical (unpaired) electrons. The van der Waals surface area contributed by atoms with Gasteiger partial charge in [-0.1, -0.05) is 56.0 Å². The van der Waals surface area contributed by atoms with Gasteiger partial charge in [-0.15, -0.1) is 0 Å².